The van der Waals surface area contributed by atoms with E-state index in [1.165, 1.54) is 6.20 Å². The third-order valence-corrected chi connectivity index (χ3v) is 7.15. The van der Waals surface area contributed by atoms with Gasteiger partial charge in [-0.25, -0.2) is 4.52 Å². The van der Waals surface area contributed by atoms with Crippen molar-refractivity contribution in [1.29, 1.82) is 5.26 Å². The van der Waals surface area contributed by atoms with Gasteiger partial charge in [-0.15, -0.1) is 0 Å². The fraction of sp³-hybridized carbons (Fsp3) is 0.458. The topological polar surface area (TPSA) is 134 Å². The van der Waals surface area contributed by atoms with Crippen LogP contribution < -0.4 is 11.1 Å². The number of aryl methyl sites for hydroxylation is 1. The molecule has 2 amide bonds. The van der Waals surface area contributed by atoms with E-state index in [1.807, 2.05) is 30.1 Å². The van der Waals surface area contributed by atoms with E-state index in [2.05, 4.69) is 28.5 Å². The Bertz CT molecular complexity index is 1310. The van der Waals surface area contributed by atoms with Crippen LogP contribution in [0.5, 0.6) is 0 Å². The van der Waals surface area contributed by atoms with Gasteiger partial charge in [-0.2, -0.15) is 15.5 Å². The van der Waals surface area contributed by atoms with Crippen LogP contribution in [0, 0.1) is 22.7 Å². The Hall–Kier alpha value is -3.87. The maximum atomic E-state index is 13.0. The summed E-state index contributed by atoms with van der Waals surface area (Å²) in [6.45, 7) is 5.95. The van der Waals surface area contributed by atoms with Gasteiger partial charge in [0.05, 0.1) is 35.2 Å². The lowest BCUT2D eigenvalue weighted by molar-refractivity contribution is -0.134. The van der Waals surface area contributed by atoms with Crippen molar-refractivity contribution in [2.24, 2.45) is 17.1 Å². The minimum atomic E-state index is -0.838. The highest BCUT2D eigenvalue weighted by Gasteiger charge is 2.54. The summed E-state index contributed by atoms with van der Waals surface area (Å²) in [4.78, 5) is 27.1. The molecular weight excluding hydrogens is 432 g/mol. The quantitative estimate of drug-likeness (QED) is 0.555. The Morgan fingerprint density at radius 1 is 1.21 bits per heavy atom. The van der Waals surface area contributed by atoms with Crippen LogP contribution >= 0.6 is 0 Å². The van der Waals surface area contributed by atoms with Gasteiger partial charge >= 0.3 is 0 Å². The molecule has 34 heavy (non-hydrogen) atoms. The first-order chi connectivity index (χ1) is 16.4. The molecule has 0 radical (unpaired) electrons. The molecule has 10 nitrogen and oxygen atoms in total. The minimum Gasteiger partial charge on any atom is -0.378 e. The second kappa shape index (κ2) is 8.17. The van der Waals surface area contributed by atoms with E-state index in [0.29, 0.717) is 37.2 Å². The van der Waals surface area contributed by atoms with Crippen LogP contribution in [0.4, 0.5) is 5.69 Å². The number of carbonyl (C=O) groups is 2. The first-order valence-corrected chi connectivity index (χ1v) is 11.7. The molecule has 3 N–H and O–H groups in total. The maximum absolute atomic E-state index is 13.0. The van der Waals surface area contributed by atoms with Crippen LogP contribution in [-0.2, 0) is 11.3 Å². The molecule has 0 unspecified atom stereocenters. The lowest BCUT2D eigenvalue weighted by Crippen LogP contribution is -2.36. The summed E-state index contributed by atoms with van der Waals surface area (Å²) in [6.07, 6.45) is 9.26. The van der Waals surface area contributed by atoms with Crippen molar-refractivity contribution >= 4 is 23.0 Å². The monoisotopic (exact) mass is 460 g/mol. The molecule has 2 atom stereocenters. The van der Waals surface area contributed by atoms with Gasteiger partial charge in [-0.05, 0) is 38.2 Å². The Morgan fingerprint density at radius 3 is 2.62 bits per heavy atom. The van der Waals surface area contributed by atoms with Crippen molar-refractivity contribution in [1.82, 2.24) is 24.3 Å². The molecule has 176 valence electrons. The molecule has 2 aliphatic rings. The molecule has 10 heteroatoms. The van der Waals surface area contributed by atoms with Crippen molar-refractivity contribution < 1.29 is 9.59 Å². The number of fused-ring (bicyclic) bond motifs is 1. The highest BCUT2D eigenvalue weighted by Crippen LogP contribution is 2.47. The highest BCUT2D eigenvalue weighted by atomic mass is 16.2. The fourth-order valence-electron chi connectivity index (χ4n) is 4.84. The molecule has 1 aliphatic heterocycles. The third-order valence-electron chi connectivity index (χ3n) is 7.15. The number of nitriles is 1. The molecule has 0 bridgehead atoms. The van der Waals surface area contributed by atoms with Crippen LogP contribution in [0.15, 0.2) is 30.9 Å². The number of anilines is 1. The summed E-state index contributed by atoms with van der Waals surface area (Å²) >= 11 is 0. The molecule has 0 aromatic carbocycles. The van der Waals surface area contributed by atoms with Crippen LogP contribution in [0.25, 0.3) is 16.6 Å². The van der Waals surface area contributed by atoms with Gasteiger partial charge in [0.25, 0.3) is 5.91 Å². The Morgan fingerprint density at radius 2 is 2.00 bits per heavy atom. The van der Waals surface area contributed by atoms with Gasteiger partial charge in [0.1, 0.15) is 5.41 Å². The summed E-state index contributed by atoms with van der Waals surface area (Å²) in [5.41, 5.74) is 8.38. The normalized spacial score (nSPS) is 20.9. The molecule has 1 saturated carbocycles. The van der Waals surface area contributed by atoms with Crippen LogP contribution in [0.1, 0.15) is 43.5 Å². The number of nitrogens with two attached hydrogens (primary N) is 1. The SMILES string of the molecule is CC[C@H]1CN(C(=O)C2(C#N)CC2)C[C@H]1Nc1c(C(N)=O)cnn2cc(-c3cnn(CC)c3)cc12. The van der Waals surface area contributed by atoms with Crippen molar-refractivity contribution in [3.8, 4) is 17.2 Å². The molecular formula is C24H28N8O2. The Kier molecular flexibility index (Phi) is 5.27. The lowest BCUT2D eigenvalue weighted by Gasteiger charge is -2.22. The number of rotatable bonds is 7. The average molecular weight is 461 g/mol. The molecule has 3 aromatic rings. The number of carbonyl (C=O) groups excluding carboxylic acids is 2. The predicted molar refractivity (Wildman–Crippen MR) is 126 cm³/mol. The molecule has 5 rings (SSSR count). The Labute approximate surface area is 197 Å². The molecule has 1 saturated heterocycles. The van der Waals surface area contributed by atoms with E-state index in [-0.39, 0.29) is 17.9 Å². The predicted octanol–water partition coefficient (Wildman–Crippen LogP) is 2.27. The number of hydrogen-bond donors (Lipinski definition) is 2. The molecule has 1 aliphatic carbocycles. The van der Waals surface area contributed by atoms with Crippen LogP contribution in [-0.4, -0.2) is 55.2 Å². The number of aromatic nitrogens is 4. The van der Waals surface area contributed by atoms with E-state index >= 15 is 0 Å². The Balaban J connectivity index is 1.49. The number of likely N-dealkylation sites (tertiary alicyclic amines) is 1. The molecule has 2 fully saturated rings. The van der Waals surface area contributed by atoms with Gasteiger partial charge in [-0.1, -0.05) is 6.92 Å². The molecule has 3 aromatic heterocycles. The van der Waals surface area contributed by atoms with Gasteiger partial charge < -0.3 is 16.0 Å². The van der Waals surface area contributed by atoms with Crippen molar-refractivity contribution in [3.05, 3.63) is 36.4 Å². The van der Waals surface area contributed by atoms with E-state index < -0.39 is 11.3 Å². The van der Waals surface area contributed by atoms with Crippen molar-refractivity contribution in [3.63, 3.8) is 0 Å². The van der Waals surface area contributed by atoms with Gasteiger partial charge in [0, 0.05) is 49.2 Å². The van der Waals surface area contributed by atoms with E-state index in [4.69, 9.17) is 5.73 Å². The number of nitrogens with zero attached hydrogens (tertiary/aromatic N) is 6. The smallest absolute Gasteiger partial charge is 0.252 e. The second-order valence-corrected chi connectivity index (χ2v) is 9.26. The number of amides is 2. The zero-order valence-corrected chi connectivity index (χ0v) is 19.4. The zero-order valence-electron chi connectivity index (χ0n) is 19.4. The van der Waals surface area contributed by atoms with E-state index in [9.17, 15) is 14.9 Å². The van der Waals surface area contributed by atoms with Gasteiger partial charge in [0.2, 0.25) is 5.91 Å². The van der Waals surface area contributed by atoms with Crippen molar-refractivity contribution in [2.45, 2.75) is 45.7 Å². The zero-order chi connectivity index (χ0) is 24.0. The number of primary amides is 1. The van der Waals surface area contributed by atoms with E-state index in [0.717, 1.165) is 29.6 Å². The molecule has 0 spiro atoms. The van der Waals surface area contributed by atoms with Crippen LogP contribution in [0.2, 0.25) is 0 Å². The van der Waals surface area contributed by atoms with Crippen molar-refractivity contribution in [2.75, 3.05) is 18.4 Å². The summed E-state index contributed by atoms with van der Waals surface area (Å²) in [7, 11) is 0. The van der Waals surface area contributed by atoms with Crippen LogP contribution in [0.3, 0.4) is 0 Å². The molecule has 4 heterocycles. The lowest BCUT2D eigenvalue weighted by atomic mass is 10.00. The third kappa shape index (κ3) is 3.57. The van der Waals surface area contributed by atoms with Gasteiger partial charge in [-0.3, -0.25) is 14.3 Å². The van der Waals surface area contributed by atoms with E-state index in [1.54, 1.807) is 15.6 Å². The summed E-state index contributed by atoms with van der Waals surface area (Å²) in [5, 5.41) is 21.7. The number of nitrogens with one attached hydrogen (secondary N) is 1. The summed E-state index contributed by atoms with van der Waals surface area (Å²) in [5.74, 6) is -0.463. The maximum Gasteiger partial charge on any atom is 0.252 e. The summed E-state index contributed by atoms with van der Waals surface area (Å²) in [6, 6.07) is 4.10. The average Bonchev–Trinajstić information content (AvgIpc) is 3.18. The number of hydrogen-bond acceptors (Lipinski definition) is 6. The van der Waals surface area contributed by atoms with Gasteiger partial charge in [0.15, 0.2) is 0 Å². The minimum absolute atomic E-state index is 0.0751. The second-order valence-electron chi connectivity index (χ2n) is 9.26. The summed E-state index contributed by atoms with van der Waals surface area (Å²) < 4.78 is 3.57. The fourth-order valence-corrected chi connectivity index (χ4v) is 4.84. The first kappa shape index (κ1) is 21.9. The highest BCUT2D eigenvalue weighted by molar-refractivity contribution is 6.02. The standard InChI is InChI=1S/C24H28N8O2/c1-3-15-10-30(23(34)24(14-25)5-6-24)13-19(15)29-21-18(22(26)33)9-28-32-12-16(7-20(21)32)17-8-27-31(4-2)11-17/h7-9,11-12,15,19,29H,3-6,10,13H2,1-2H3,(H2,26,33)/t15-,19+/m0/s1. The largest absolute Gasteiger partial charge is 0.378 e. The first-order valence-electron chi connectivity index (χ1n) is 11.7.